The van der Waals surface area contributed by atoms with Crippen molar-refractivity contribution in [3.8, 4) is 17.4 Å². The van der Waals surface area contributed by atoms with Crippen LogP contribution in [0.25, 0.3) is 0 Å². The smallest absolute Gasteiger partial charge is 0.258 e. The topological polar surface area (TPSA) is 99.4 Å². The molecule has 8 heteroatoms. The van der Waals surface area contributed by atoms with Gasteiger partial charge in [0.2, 0.25) is 11.8 Å². The van der Waals surface area contributed by atoms with E-state index in [0.717, 1.165) is 25.7 Å². The molecule has 0 saturated heterocycles. The van der Waals surface area contributed by atoms with Crippen molar-refractivity contribution in [2.24, 2.45) is 0 Å². The molecule has 29 heavy (non-hydrogen) atoms. The molecule has 0 radical (unpaired) electrons. The van der Waals surface area contributed by atoms with Gasteiger partial charge in [0.25, 0.3) is 5.91 Å². The van der Waals surface area contributed by atoms with Crippen molar-refractivity contribution in [2.75, 3.05) is 6.61 Å². The Labute approximate surface area is 168 Å². The van der Waals surface area contributed by atoms with Crippen molar-refractivity contribution < 1.29 is 18.8 Å². The summed E-state index contributed by atoms with van der Waals surface area (Å²) < 4.78 is 16.4. The zero-order valence-electron chi connectivity index (χ0n) is 16.1. The van der Waals surface area contributed by atoms with Gasteiger partial charge in [0.05, 0.1) is 0 Å². The van der Waals surface area contributed by atoms with Gasteiger partial charge < -0.3 is 19.3 Å². The normalized spacial score (nSPS) is 15.1. The summed E-state index contributed by atoms with van der Waals surface area (Å²) in [7, 11) is 0. The fraction of sp³-hybridized carbons (Fsp3) is 0.333. The lowest BCUT2D eigenvalue weighted by Gasteiger charge is -2.26. The molecule has 0 bridgehead atoms. The number of nitrogens with one attached hydrogen (secondary N) is 1. The number of pyridine rings is 1. The third kappa shape index (κ3) is 4.53. The zero-order valence-corrected chi connectivity index (χ0v) is 16.1. The Morgan fingerprint density at radius 3 is 2.55 bits per heavy atom. The number of amides is 1. The van der Waals surface area contributed by atoms with Crippen LogP contribution in [0.4, 0.5) is 0 Å². The summed E-state index contributed by atoms with van der Waals surface area (Å²) in [4.78, 5) is 21.0. The van der Waals surface area contributed by atoms with E-state index in [2.05, 4.69) is 20.4 Å². The number of carbonyl (C=O) groups is 1. The first-order valence-corrected chi connectivity index (χ1v) is 9.57. The molecule has 150 valence electrons. The molecule has 1 aromatic carbocycles. The first kappa shape index (κ1) is 18.9. The van der Waals surface area contributed by atoms with Crippen LogP contribution >= 0.6 is 0 Å². The van der Waals surface area contributed by atoms with Crippen LogP contribution in [0.1, 0.15) is 37.4 Å². The Morgan fingerprint density at radius 2 is 1.90 bits per heavy atom. The maximum Gasteiger partial charge on any atom is 0.258 e. The standard InChI is InChI=1S/C21H22N4O4/c1-15-23-20(25-29-15)21(11-3-4-12-21)24-18(26)14-27-16-7-9-17(10-8-16)28-19-6-2-5-13-22-19/h2,5-10,13H,3-4,11-12,14H2,1H3,(H,24,26). The fourth-order valence-corrected chi connectivity index (χ4v) is 3.46. The van der Waals surface area contributed by atoms with E-state index >= 15 is 0 Å². The van der Waals surface area contributed by atoms with Crippen molar-refractivity contribution in [3.63, 3.8) is 0 Å². The fourth-order valence-electron chi connectivity index (χ4n) is 3.46. The highest BCUT2D eigenvalue weighted by atomic mass is 16.5. The molecule has 1 N–H and O–H groups in total. The van der Waals surface area contributed by atoms with Gasteiger partial charge in [-0.25, -0.2) is 4.98 Å². The van der Waals surface area contributed by atoms with E-state index in [1.165, 1.54) is 0 Å². The minimum absolute atomic E-state index is 0.0982. The van der Waals surface area contributed by atoms with Crippen molar-refractivity contribution in [1.82, 2.24) is 20.4 Å². The minimum atomic E-state index is -0.571. The Morgan fingerprint density at radius 1 is 1.14 bits per heavy atom. The molecule has 0 atom stereocenters. The lowest BCUT2D eigenvalue weighted by molar-refractivity contribution is -0.125. The molecule has 1 saturated carbocycles. The molecule has 1 amide bonds. The summed E-state index contributed by atoms with van der Waals surface area (Å²) in [5.74, 6) is 2.53. The van der Waals surface area contributed by atoms with Gasteiger partial charge >= 0.3 is 0 Å². The summed E-state index contributed by atoms with van der Waals surface area (Å²) in [5.41, 5.74) is -0.571. The second-order valence-corrected chi connectivity index (χ2v) is 7.00. The van der Waals surface area contributed by atoms with Crippen LogP contribution in [-0.4, -0.2) is 27.6 Å². The molecule has 2 aromatic heterocycles. The number of benzene rings is 1. The molecular formula is C21H22N4O4. The molecule has 2 heterocycles. The predicted molar refractivity (Wildman–Crippen MR) is 104 cm³/mol. The highest BCUT2D eigenvalue weighted by molar-refractivity contribution is 5.78. The van der Waals surface area contributed by atoms with Gasteiger partial charge in [0.1, 0.15) is 17.0 Å². The first-order chi connectivity index (χ1) is 14.1. The van der Waals surface area contributed by atoms with Gasteiger partial charge in [0.15, 0.2) is 12.4 Å². The van der Waals surface area contributed by atoms with Crippen LogP contribution in [0.15, 0.2) is 53.2 Å². The van der Waals surface area contributed by atoms with Crippen LogP contribution < -0.4 is 14.8 Å². The lowest BCUT2D eigenvalue weighted by atomic mass is 9.96. The van der Waals surface area contributed by atoms with E-state index in [4.69, 9.17) is 14.0 Å². The van der Waals surface area contributed by atoms with Gasteiger partial charge in [-0.1, -0.05) is 24.1 Å². The summed E-state index contributed by atoms with van der Waals surface area (Å²) >= 11 is 0. The van der Waals surface area contributed by atoms with E-state index < -0.39 is 5.54 Å². The SMILES string of the molecule is Cc1nc(C2(NC(=O)COc3ccc(Oc4ccccn4)cc3)CCCC2)no1. The van der Waals surface area contributed by atoms with Crippen LogP contribution in [0.5, 0.6) is 17.4 Å². The first-order valence-electron chi connectivity index (χ1n) is 9.57. The highest BCUT2D eigenvalue weighted by Gasteiger charge is 2.41. The number of hydrogen-bond donors (Lipinski definition) is 1. The number of aromatic nitrogens is 3. The predicted octanol–water partition coefficient (Wildman–Crippen LogP) is 3.53. The second-order valence-electron chi connectivity index (χ2n) is 7.00. The summed E-state index contributed by atoms with van der Waals surface area (Å²) in [6, 6.07) is 12.5. The van der Waals surface area contributed by atoms with Crippen LogP contribution in [-0.2, 0) is 10.3 Å². The number of ether oxygens (including phenoxy) is 2. The Hall–Kier alpha value is -3.42. The lowest BCUT2D eigenvalue weighted by Crippen LogP contribution is -2.46. The molecule has 0 aliphatic heterocycles. The third-order valence-electron chi connectivity index (χ3n) is 4.85. The maximum absolute atomic E-state index is 12.5. The molecule has 0 unspecified atom stereocenters. The number of rotatable bonds is 7. The van der Waals surface area contributed by atoms with Crippen molar-refractivity contribution in [3.05, 3.63) is 60.4 Å². The van der Waals surface area contributed by atoms with Crippen molar-refractivity contribution in [2.45, 2.75) is 38.1 Å². The Balaban J connectivity index is 1.33. The van der Waals surface area contributed by atoms with Crippen LogP contribution in [0.2, 0.25) is 0 Å². The monoisotopic (exact) mass is 394 g/mol. The van der Waals surface area contributed by atoms with Crippen LogP contribution in [0, 0.1) is 6.92 Å². The Kier molecular flexibility index (Phi) is 5.41. The average molecular weight is 394 g/mol. The zero-order chi connectivity index (χ0) is 20.1. The molecule has 3 aromatic rings. The van der Waals surface area contributed by atoms with E-state index in [1.807, 2.05) is 12.1 Å². The molecule has 1 aliphatic rings. The molecule has 4 rings (SSSR count). The van der Waals surface area contributed by atoms with E-state index in [9.17, 15) is 4.79 Å². The van der Waals surface area contributed by atoms with Crippen LogP contribution in [0.3, 0.4) is 0 Å². The number of carbonyl (C=O) groups excluding carboxylic acids is 1. The molecule has 0 spiro atoms. The summed E-state index contributed by atoms with van der Waals surface area (Å²) in [5, 5.41) is 7.08. The Bertz CT molecular complexity index is 950. The molecule has 1 aliphatic carbocycles. The number of aryl methyl sites for hydroxylation is 1. The van der Waals surface area contributed by atoms with E-state index in [1.54, 1.807) is 43.5 Å². The van der Waals surface area contributed by atoms with E-state index in [0.29, 0.717) is 29.1 Å². The summed E-state index contributed by atoms with van der Waals surface area (Å²) in [6.45, 7) is 1.64. The molecule has 1 fully saturated rings. The van der Waals surface area contributed by atoms with Gasteiger partial charge in [0, 0.05) is 19.2 Å². The number of hydrogen-bond acceptors (Lipinski definition) is 7. The van der Waals surface area contributed by atoms with Gasteiger partial charge in [-0.15, -0.1) is 0 Å². The van der Waals surface area contributed by atoms with Gasteiger partial charge in [-0.2, -0.15) is 4.98 Å². The highest BCUT2D eigenvalue weighted by Crippen LogP contribution is 2.37. The van der Waals surface area contributed by atoms with Crippen molar-refractivity contribution >= 4 is 5.91 Å². The number of nitrogens with zero attached hydrogens (tertiary/aromatic N) is 3. The molecule has 8 nitrogen and oxygen atoms in total. The minimum Gasteiger partial charge on any atom is -0.484 e. The largest absolute Gasteiger partial charge is 0.484 e. The summed E-state index contributed by atoms with van der Waals surface area (Å²) in [6.07, 6.45) is 5.26. The second kappa shape index (κ2) is 8.30. The maximum atomic E-state index is 12.5. The third-order valence-corrected chi connectivity index (χ3v) is 4.85. The van der Waals surface area contributed by atoms with Gasteiger partial charge in [-0.05, 0) is 43.2 Å². The average Bonchev–Trinajstić information content (AvgIpc) is 3.38. The van der Waals surface area contributed by atoms with Gasteiger partial charge in [-0.3, -0.25) is 4.79 Å². The van der Waals surface area contributed by atoms with Crippen molar-refractivity contribution in [1.29, 1.82) is 0 Å². The van der Waals surface area contributed by atoms with E-state index in [-0.39, 0.29) is 12.5 Å². The molecular weight excluding hydrogens is 372 g/mol. The quantitative estimate of drug-likeness (QED) is 0.654.